The molecule has 2 nitrogen and oxygen atoms in total. The summed E-state index contributed by atoms with van der Waals surface area (Å²) in [5, 5.41) is 9.76. The Morgan fingerprint density at radius 3 is 3.05 bits per heavy atom. The number of phenols is 1. The summed E-state index contributed by atoms with van der Waals surface area (Å²) in [4.78, 5) is 2.59. The SMILES string of the molecule is C=CCN1CCC2c3cc(O)ccc3CC1C2CC. The minimum Gasteiger partial charge on any atom is -0.508 e. The maximum atomic E-state index is 9.76. The smallest absolute Gasteiger partial charge is 0.115 e. The molecule has 19 heavy (non-hydrogen) atoms. The van der Waals surface area contributed by atoms with Crippen LogP contribution in [0.25, 0.3) is 0 Å². The van der Waals surface area contributed by atoms with Crippen LogP contribution in [0, 0.1) is 5.92 Å². The van der Waals surface area contributed by atoms with Gasteiger partial charge in [-0.15, -0.1) is 6.58 Å². The van der Waals surface area contributed by atoms with Crippen molar-refractivity contribution in [2.24, 2.45) is 5.92 Å². The van der Waals surface area contributed by atoms with Crippen molar-refractivity contribution in [3.63, 3.8) is 0 Å². The number of rotatable bonds is 3. The summed E-state index contributed by atoms with van der Waals surface area (Å²) in [6.45, 7) is 8.36. The molecular weight excluding hydrogens is 234 g/mol. The first-order valence-electron chi connectivity index (χ1n) is 7.41. The van der Waals surface area contributed by atoms with Crippen molar-refractivity contribution < 1.29 is 5.11 Å². The molecule has 1 aliphatic carbocycles. The van der Waals surface area contributed by atoms with E-state index in [9.17, 15) is 5.11 Å². The highest BCUT2D eigenvalue weighted by Crippen LogP contribution is 2.46. The van der Waals surface area contributed by atoms with E-state index < -0.39 is 0 Å². The minimum absolute atomic E-state index is 0.417. The Kier molecular flexibility index (Phi) is 3.36. The summed E-state index contributed by atoms with van der Waals surface area (Å²) in [6.07, 6.45) is 5.58. The number of benzene rings is 1. The number of likely N-dealkylation sites (tertiary alicyclic amines) is 1. The van der Waals surface area contributed by atoms with E-state index in [0.29, 0.717) is 17.7 Å². The van der Waals surface area contributed by atoms with E-state index in [4.69, 9.17) is 0 Å². The zero-order chi connectivity index (χ0) is 13.4. The van der Waals surface area contributed by atoms with Crippen LogP contribution in [0.2, 0.25) is 0 Å². The number of aromatic hydroxyl groups is 1. The van der Waals surface area contributed by atoms with Gasteiger partial charge in [-0.2, -0.15) is 0 Å². The summed E-state index contributed by atoms with van der Waals surface area (Å²) in [7, 11) is 0. The number of hydrogen-bond donors (Lipinski definition) is 1. The van der Waals surface area contributed by atoms with E-state index in [0.717, 1.165) is 25.4 Å². The molecule has 0 spiro atoms. The lowest BCUT2D eigenvalue weighted by molar-refractivity contribution is 0.0730. The molecule has 102 valence electrons. The first-order valence-corrected chi connectivity index (χ1v) is 7.41. The molecule has 3 rings (SSSR count). The molecule has 1 N–H and O–H groups in total. The normalized spacial score (nSPS) is 29.8. The third-order valence-electron chi connectivity index (χ3n) is 5.00. The molecule has 3 unspecified atom stereocenters. The molecule has 2 bridgehead atoms. The molecule has 0 amide bonds. The number of nitrogens with zero attached hydrogens (tertiary/aromatic N) is 1. The van der Waals surface area contributed by atoms with Gasteiger partial charge in [-0.3, -0.25) is 4.90 Å². The number of piperidine rings is 1. The van der Waals surface area contributed by atoms with Crippen molar-refractivity contribution in [1.82, 2.24) is 4.90 Å². The van der Waals surface area contributed by atoms with Gasteiger partial charge in [0.05, 0.1) is 0 Å². The molecule has 1 heterocycles. The van der Waals surface area contributed by atoms with Crippen LogP contribution in [0.1, 0.15) is 36.8 Å². The molecule has 3 atom stereocenters. The Morgan fingerprint density at radius 2 is 2.32 bits per heavy atom. The van der Waals surface area contributed by atoms with Crippen LogP contribution in [0.4, 0.5) is 0 Å². The highest BCUT2D eigenvalue weighted by molar-refractivity contribution is 5.41. The minimum atomic E-state index is 0.417. The Bertz CT molecular complexity index is 482. The van der Waals surface area contributed by atoms with Gasteiger partial charge in [0.2, 0.25) is 0 Å². The van der Waals surface area contributed by atoms with Gasteiger partial charge in [-0.1, -0.05) is 25.5 Å². The predicted octanol–water partition coefficient (Wildman–Crippen LogP) is 3.32. The maximum absolute atomic E-state index is 9.76. The second-order valence-corrected chi connectivity index (χ2v) is 5.91. The van der Waals surface area contributed by atoms with Gasteiger partial charge >= 0.3 is 0 Å². The quantitative estimate of drug-likeness (QED) is 0.840. The van der Waals surface area contributed by atoms with Crippen LogP contribution in [0.5, 0.6) is 5.75 Å². The first-order chi connectivity index (χ1) is 9.24. The molecule has 0 radical (unpaired) electrons. The highest BCUT2D eigenvalue weighted by atomic mass is 16.3. The Labute approximate surface area is 115 Å². The molecule has 1 aromatic rings. The molecule has 1 aromatic carbocycles. The summed E-state index contributed by atoms with van der Waals surface area (Å²) < 4.78 is 0. The van der Waals surface area contributed by atoms with Crippen LogP contribution in [0.3, 0.4) is 0 Å². The van der Waals surface area contributed by atoms with Crippen molar-refractivity contribution in [3.05, 3.63) is 42.0 Å². The lowest BCUT2D eigenvalue weighted by Crippen LogP contribution is -2.51. The molecule has 0 saturated carbocycles. The molecule has 1 saturated heterocycles. The van der Waals surface area contributed by atoms with Crippen LogP contribution in [-0.4, -0.2) is 29.1 Å². The zero-order valence-electron chi connectivity index (χ0n) is 11.7. The second kappa shape index (κ2) is 5.01. The molecule has 2 aliphatic rings. The van der Waals surface area contributed by atoms with Crippen molar-refractivity contribution in [2.75, 3.05) is 13.1 Å². The van der Waals surface area contributed by atoms with Gasteiger partial charge in [0.25, 0.3) is 0 Å². The summed E-state index contributed by atoms with van der Waals surface area (Å²) in [5.41, 5.74) is 2.84. The summed E-state index contributed by atoms with van der Waals surface area (Å²) in [5.74, 6) is 1.77. The Morgan fingerprint density at radius 1 is 1.47 bits per heavy atom. The fourth-order valence-corrected chi connectivity index (χ4v) is 4.18. The van der Waals surface area contributed by atoms with Crippen molar-refractivity contribution in [1.29, 1.82) is 0 Å². The molecule has 2 heteroatoms. The van der Waals surface area contributed by atoms with Crippen molar-refractivity contribution in [2.45, 2.75) is 38.1 Å². The Hall–Kier alpha value is -1.28. The van der Waals surface area contributed by atoms with Gasteiger partial charge in [-0.05, 0) is 54.5 Å². The molecule has 0 aromatic heterocycles. The monoisotopic (exact) mass is 257 g/mol. The fourth-order valence-electron chi connectivity index (χ4n) is 4.18. The summed E-state index contributed by atoms with van der Waals surface area (Å²) >= 11 is 0. The van der Waals surface area contributed by atoms with Crippen LogP contribution >= 0.6 is 0 Å². The second-order valence-electron chi connectivity index (χ2n) is 5.91. The predicted molar refractivity (Wildman–Crippen MR) is 78.5 cm³/mol. The van der Waals surface area contributed by atoms with Crippen molar-refractivity contribution in [3.8, 4) is 5.75 Å². The standard InChI is InChI=1S/C17H23NO/c1-3-8-18-9-7-15-14(4-2)17(18)10-12-5-6-13(19)11-16(12)15/h3,5-6,11,14-15,17,19H,1,4,7-10H2,2H3. The van der Waals surface area contributed by atoms with Crippen LogP contribution < -0.4 is 0 Å². The van der Waals surface area contributed by atoms with E-state index in [2.05, 4.69) is 24.5 Å². The van der Waals surface area contributed by atoms with E-state index in [-0.39, 0.29) is 0 Å². The number of fused-ring (bicyclic) bond motifs is 4. The number of phenolic OH excluding ortho intramolecular Hbond substituents is 1. The van der Waals surface area contributed by atoms with E-state index >= 15 is 0 Å². The average Bonchev–Trinajstić information content (AvgIpc) is 2.42. The lowest BCUT2D eigenvalue weighted by atomic mass is 9.67. The number of hydrogen-bond acceptors (Lipinski definition) is 2. The summed E-state index contributed by atoms with van der Waals surface area (Å²) in [6, 6.07) is 6.60. The fraction of sp³-hybridized carbons (Fsp3) is 0.529. The molecular formula is C17H23NO. The van der Waals surface area contributed by atoms with Gasteiger partial charge < -0.3 is 5.11 Å². The Balaban J connectivity index is 1.99. The van der Waals surface area contributed by atoms with Gasteiger partial charge in [0, 0.05) is 12.6 Å². The van der Waals surface area contributed by atoms with Crippen LogP contribution in [-0.2, 0) is 6.42 Å². The highest BCUT2D eigenvalue weighted by Gasteiger charge is 2.41. The third-order valence-corrected chi connectivity index (χ3v) is 5.00. The topological polar surface area (TPSA) is 23.5 Å². The lowest BCUT2D eigenvalue weighted by Gasteiger charge is -2.49. The maximum Gasteiger partial charge on any atom is 0.115 e. The molecule has 1 aliphatic heterocycles. The van der Waals surface area contributed by atoms with Gasteiger partial charge in [0.15, 0.2) is 0 Å². The van der Waals surface area contributed by atoms with E-state index in [1.807, 2.05) is 18.2 Å². The van der Waals surface area contributed by atoms with Crippen molar-refractivity contribution >= 4 is 0 Å². The zero-order valence-corrected chi connectivity index (χ0v) is 11.7. The van der Waals surface area contributed by atoms with E-state index in [1.165, 1.54) is 24.0 Å². The largest absolute Gasteiger partial charge is 0.508 e. The molecule has 1 fully saturated rings. The average molecular weight is 257 g/mol. The van der Waals surface area contributed by atoms with E-state index in [1.54, 1.807) is 0 Å². The third kappa shape index (κ3) is 2.08. The first kappa shape index (κ1) is 12.7. The van der Waals surface area contributed by atoms with Crippen LogP contribution in [0.15, 0.2) is 30.9 Å². The van der Waals surface area contributed by atoms with Gasteiger partial charge in [-0.25, -0.2) is 0 Å². The van der Waals surface area contributed by atoms with Gasteiger partial charge in [0.1, 0.15) is 5.75 Å².